The summed E-state index contributed by atoms with van der Waals surface area (Å²) in [5.74, 6) is 0. The molecule has 3 aliphatic rings. The van der Waals surface area contributed by atoms with Gasteiger partial charge in [-0.05, 0) is 32.1 Å². The van der Waals surface area contributed by atoms with Crippen molar-refractivity contribution in [3.8, 4) is 0 Å². The number of hydrogen-bond acceptors (Lipinski definition) is 3. The van der Waals surface area contributed by atoms with Crippen LogP contribution in [-0.4, -0.2) is 48.3 Å². The van der Waals surface area contributed by atoms with E-state index in [4.69, 9.17) is 0 Å². The molecule has 3 heteroatoms. The molecule has 1 unspecified atom stereocenters. The van der Waals surface area contributed by atoms with Crippen molar-refractivity contribution < 1.29 is 0 Å². The Labute approximate surface area is 92.8 Å². The monoisotopic (exact) mass is 209 g/mol. The number of hydrogen-bond donors (Lipinski definition) is 1. The van der Waals surface area contributed by atoms with Crippen LogP contribution in [0.1, 0.15) is 38.5 Å². The number of hydrazine groups is 1. The molecule has 86 valence electrons. The summed E-state index contributed by atoms with van der Waals surface area (Å²) in [4.78, 5) is 0. The van der Waals surface area contributed by atoms with Crippen LogP contribution in [0.5, 0.6) is 0 Å². The van der Waals surface area contributed by atoms with Gasteiger partial charge < -0.3 is 5.32 Å². The lowest BCUT2D eigenvalue weighted by Gasteiger charge is -2.34. The van der Waals surface area contributed by atoms with E-state index in [1.54, 1.807) is 0 Å². The fraction of sp³-hybridized carbons (Fsp3) is 1.00. The highest BCUT2D eigenvalue weighted by atomic mass is 15.6. The van der Waals surface area contributed by atoms with Crippen molar-refractivity contribution >= 4 is 0 Å². The molecule has 2 heterocycles. The summed E-state index contributed by atoms with van der Waals surface area (Å²) in [6, 6.07) is 1.65. The van der Waals surface area contributed by atoms with Crippen LogP contribution < -0.4 is 5.32 Å². The Morgan fingerprint density at radius 3 is 2.27 bits per heavy atom. The summed E-state index contributed by atoms with van der Waals surface area (Å²) in [5.41, 5.74) is 0. The predicted octanol–water partition coefficient (Wildman–Crippen LogP) is 1.21. The second-order valence-corrected chi connectivity index (χ2v) is 5.35. The van der Waals surface area contributed by atoms with Gasteiger partial charge in [0.1, 0.15) is 0 Å². The molecule has 0 bridgehead atoms. The second kappa shape index (κ2) is 4.40. The molecule has 0 aromatic carbocycles. The summed E-state index contributed by atoms with van der Waals surface area (Å²) in [6.45, 7) is 5.15. The molecule has 0 aromatic heterocycles. The third-order valence-electron chi connectivity index (χ3n) is 3.95. The predicted molar refractivity (Wildman–Crippen MR) is 61.6 cm³/mol. The first kappa shape index (κ1) is 10.1. The van der Waals surface area contributed by atoms with Gasteiger partial charge in [0.05, 0.1) is 0 Å². The summed E-state index contributed by atoms with van der Waals surface area (Å²) in [5, 5.41) is 8.95. The van der Waals surface area contributed by atoms with E-state index in [0.717, 1.165) is 12.1 Å². The highest BCUT2D eigenvalue weighted by molar-refractivity contribution is 4.89. The Morgan fingerprint density at radius 1 is 0.733 bits per heavy atom. The van der Waals surface area contributed by atoms with Gasteiger partial charge in [-0.1, -0.05) is 6.42 Å². The van der Waals surface area contributed by atoms with Crippen molar-refractivity contribution in [3.05, 3.63) is 0 Å². The van der Waals surface area contributed by atoms with Crippen LogP contribution in [0.25, 0.3) is 0 Å². The summed E-state index contributed by atoms with van der Waals surface area (Å²) < 4.78 is 0. The van der Waals surface area contributed by atoms with E-state index >= 15 is 0 Å². The van der Waals surface area contributed by atoms with Crippen LogP contribution in [0.3, 0.4) is 0 Å². The van der Waals surface area contributed by atoms with Crippen LogP contribution in [0.2, 0.25) is 0 Å². The van der Waals surface area contributed by atoms with Crippen molar-refractivity contribution in [2.24, 2.45) is 0 Å². The van der Waals surface area contributed by atoms with E-state index in [0.29, 0.717) is 0 Å². The minimum atomic E-state index is 0.777. The Hall–Kier alpha value is -0.120. The maximum absolute atomic E-state index is 3.75. The van der Waals surface area contributed by atoms with Crippen LogP contribution >= 0.6 is 0 Å². The number of nitrogens with zero attached hydrogens (tertiary/aromatic N) is 2. The molecule has 2 saturated heterocycles. The minimum Gasteiger partial charge on any atom is -0.310 e. The quantitative estimate of drug-likeness (QED) is 0.754. The van der Waals surface area contributed by atoms with Gasteiger partial charge in [-0.2, -0.15) is 0 Å². The van der Waals surface area contributed by atoms with Gasteiger partial charge in [0.25, 0.3) is 0 Å². The molecule has 15 heavy (non-hydrogen) atoms. The van der Waals surface area contributed by atoms with E-state index < -0.39 is 0 Å². The molecular weight excluding hydrogens is 186 g/mol. The van der Waals surface area contributed by atoms with Crippen molar-refractivity contribution in [2.45, 2.75) is 50.6 Å². The Morgan fingerprint density at radius 2 is 1.53 bits per heavy atom. The van der Waals surface area contributed by atoms with Gasteiger partial charge >= 0.3 is 0 Å². The largest absolute Gasteiger partial charge is 0.310 e. The Kier molecular flexibility index (Phi) is 2.95. The highest BCUT2D eigenvalue weighted by Crippen LogP contribution is 2.23. The molecule has 0 spiro atoms. The zero-order chi connectivity index (χ0) is 10.1. The van der Waals surface area contributed by atoms with Crippen molar-refractivity contribution in [1.29, 1.82) is 0 Å². The lowest BCUT2D eigenvalue weighted by atomic mass is 10.2. The molecule has 1 N–H and O–H groups in total. The normalized spacial score (nSPS) is 34.8. The van der Waals surface area contributed by atoms with E-state index in [1.807, 2.05) is 0 Å². The molecule has 0 amide bonds. The average Bonchev–Trinajstić information content (AvgIpc) is 2.96. The molecule has 1 aliphatic carbocycles. The van der Waals surface area contributed by atoms with Gasteiger partial charge in [0.2, 0.25) is 0 Å². The molecule has 0 radical (unpaired) electrons. The smallest absolute Gasteiger partial charge is 0.0288 e. The average molecular weight is 209 g/mol. The van der Waals surface area contributed by atoms with Crippen molar-refractivity contribution in [3.63, 3.8) is 0 Å². The molecule has 3 nitrogen and oxygen atoms in total. The van der Waals surface area contributed by atoms with Gasteiger partial charge in [-0.3, -0.25) is 0 Å². The number of piperidine rings is 1. The molecule has 1 saturated carbocycles. The molecule has 3 fully saturated rings. The molecule has 3 rings (SSSR count). The van der Waals surface area contributed by atoms with Gasteiger partial charge in [-0.25, -0.2) is 10.0 Å². The van der Waals surface area contributed by atoms with Crippen molar-refractivity contribution in [1.82, 2.24) is 15.3 Å². The van der Waals surface area contributed by atoms with Crippen LogP contribution in [0.4, 0.5) is 0 Å². The third-order valence-corrected chi connectivity index (χ3v) is 3.95. The summed E-state index contributed by atoms with van der Waals surface area (Å²) >= 11 is 0. The SMILES string of the molecule is C1CCN(N2CCC(NC3CC3)C2)CC1. The van der Waals surface area contributed by atoms with E-state index in [-0.39, 0.29) is 0 Å². The molecule has 1 atom stereocenters. The standard InChI is InChI=1S/C12H23N3/c1-2-7-14(8-3-1)15-9-6-12(10-15)13-11-4-5-11/h11-13H,1-10H2. The topological polar surface area (TPSA) is 18.5 Å². The Bertz CT molecular complexity index is 209. The van der Waals surface area contributed by atoms with Crippen LogP contribution in [0.15, 0.2) is 0 Å². The summed E-state index contributed by atoms with van der Waals surface area (Å²) in [6.07, 6.45) is 8.43. The van der Waals surface area contributed by atoms with Gasteiger partial charge in [0.15, 0.2) is 0 Å². The first-order chi connectivity index (χ1) is 7.42. The first-order valence-electron chi connectivity index (χ1n) is 6.68. The number of rotatable bonds is 3. The lowest BCUT2D eigenvalue weighted by molar-refractivity contribution is -0.0205. The van der Waals surface area contributed by atoms with Crippen LogP contribution in [0, 0.1) is 0 Å². The lowest BCUT2D eigenvalue weighted by Crippen LogP contribution is -2.45. The first-order valence-corrected chi connectivity index (χ1v) is 6.68. The molecular formula is C12H23N3. The van der Waals surface area contributed by atoms with E-state index in [9.17, 15) is 0 Å². The highest BCUT2D eigenvalue weighted by Gasteiger charge is 2.31. The van der Waals surface area contributed by atoms with Gasteiger partial charge in [0, 0.05) is 38.3 Å². The van der Waals surface area contributed by atoms with Crippen LogP contribution in [-0.2, 0) is 0 Å². The Balaban J connectivity index is 1.46. The maximum Gasteiger partial charge on any atom is 0.0288 e. The zero-order valence-corrected chi connectivity index (χ0v) is 9.62. The maximum atomic E-state index is 3.75. The van der Waals surface area contributed by atoms with Crippen molar-refractivity contribution in [2.75, 3.05) is 26.2 Å². The fourth-order valence-electron chi connectivity index (χ4n) is 2.88. The molecule has 2 aliphatic heterocycles. The van der Waals surface area contributed by atoms with E-state index in [2.05, 4.69) is 15.3 Å². The number of nitrogens with one attached hydrogen (secondary N) is 1. The minimum absolute atomic E-state index is 0.777. The van der Waals surface area contributed by atoms with Gasteiger partial charge in [-0.15, -0.1) is 0 Å². The molecule has 0 aromatic rings. The third kappa shape index (κ3) is 2.52. The zero-order valence-electron chi connectivity index (χ0n) is 9.62. The second-order valence-electron chi connectivity index (χ2n) is 5.35. The summed E-state index contributed by atoms with van der Waals surface area (Å²) in [7, 11) is 0. The van der Waals surface area contributed by atoms with E-state index in [1.165, 1.54) is 64.7 Å². The fourth-order valence-corrected chi connectivity index (χ4v) is 2.88.